The number of aromatic nitrogens is 2. The maximum atomic E-state index is 12.9. The van der Waals surface area contributed by atoms with Gasteiger partial charge < -0.3 is 25.8 Å². The second-order valence-electron chi connectivity index (χ2n) is 8.64. The predicted molar refractivity (Wildman–Crippen MR) is 125 cm³/mol. The van der Waals surface area contributed by atoms with Crippen molar-refractivity contribution in [1.29, 1.82) is 0 Å². The monoisotopic (exact) mass is 445 g/mol. The van der Waals surface area contributed by atoms with Crippen LogP contribution in [0.4, 0.5) is 5.82 Å². The molecule has 3 heterocycles. The number of para-hydroxylation sites is 1. The molecule has 2 aromatic carbocycles. The number of phenols is 1. The van der Waals surface area contributed by atoms with Crippen molar-refractivity contribution in [3.8, 4) is 22.8 Å². The Morgan fingerprint density at radius 2 is 1.82 bits per heavy atom. The third-order valence-corrected chi connectivity index (χ3v) is 6.32. The minimum absolute atomic E-state index is 0.100. The van der Waals surface area contributed by atoms with Crippen molar-refractivity contribution in [2.24, 2.45) is 0 Å². The summed E-state index contributed by atoms with van der Waals surface area (Å²) in [7, 11) is 0. The number of nitrogen functional groups attached to an aromatic ring is 1. The number of ether oxygens (including phenoxy) is 1. The van der Waals surface area contributed by atoms with E-state index in [1.807, 2.05) is 35.2 Å². The lowest BCUT2D eigenvalue weighted by Crippen LogP contribution is -2.53. The summed E-state index contributed by atoms with van der Waals surface area (Å²) < 4.78 is 5.85. The van der Waals surface area contributed by atoms with E-state index in [-0.39, 0.29) is 17.5 Å². The van der Waals surface area contributed by atoms with E-state index in [0.29, 0.717) is 42.1 Å². The van der Waals surface area contributed by atoms with Crippen LogP contribution >= 0.6 is 0 Å². The molecule has 1 amide bonds. The molecule has 2 unspecified atom stereocenters. The Morgan fingerprint density at radius 1 is 1.09 bits per heavy atom. The summed E-state index contributed by atoms with van der Waals surface area (Å²) in [6, 6.07) is 17.2. The molecule has 8 nitrogen and oxygen atoms in total. The molecule has 8 heteroatoms. The van der Waals surface area contributed by atoms with E-state index in [0.717, 1.165) is 37.1 Å². The van der Waals surface area contributed by atoms with Crippen molar-refractivity contribution in [2.75, 3.05) is 25.4 Å². The number of fused-ring (bicyclic) bond motifs is 2. The number of benzene rings is 2. The third-order valence-electron chi connectivity index (χ3n) is 6.32. The molecule has 170 valence electrons. The van der Waals surface area contributed by atoms with Gasteiger partial charge in [0.05, 0.1) is 6.61 Å². The molecule has 33 heavy (non-hydrogen) atoms. The average Bonchev–Trinajstić information content (AvgIpc) is 3.18. The van der Waals surface area contributed by atoms with E-state index in [1.165, 1.54) is 0 Å². The highest BCUT2D eigenvalue weighted by Crippen LogP contribution is 2.30. The predicted octanol–water partition coefficient (Wildman–Crippen LogP) is 2.63. The van der Waals surface area contributed by atoms with Gasteiger partial charge in [0.25, 0.3) is 5.91 Å². The van der Waals surface area contributed by atoms with Gasteiger partial charge in [-0.2, -0.15) is 0 Å². The topological polar surface area (TPSA) is 114 Å². The number of piperazine rings is 1. The smallest absolute Gasteiger partial charge is 0.253 e. The molecule has 2 atom stereocenters. The summed E-state index contributed by atoms with van der Waals surface area (Å²) in [5.41, 5.74) is 8.76. The average molecular weight is 446 g/mol. The zero-order valence-electron chi connectivity index (χ0n) is 18.3. The Bertz CT molecular complexity index is 1140. The highest BCUT2D eigenvalue weighted by molar-refractivity contribution is 5.94. The maximum absolute atomic E-state index is 12.9. The standard InChI is InChI=1S/C25H27N5O3/c26-24-23(13-21(28-29-24)20-3-1-2-4-22(20)31)33-12-11-16-5-7-17(8-6-16)25(32)30-14-18-9-10-19(15-30)27-18/h1-8,13,18-19,27,31H,9-12,14-15H2,(H2,26,29). The first-order valence-electron chi connectivity index (χ1n) is 11.3. The fraction of sp³-hybridized carbons (Fsp3) is 0.320. The van der Waals surface area contributed by atoms with Crippen molar-refractivity contribution < 1.29 is 14.6 Å². The molecule has 2 aliphatic rings. The summed E-state index contributed by atoms with van der Waals surface area (Å²) in [6.07, 6.45) is 2.96. The number of hydrogen-bond acceptors (Lipinski definition) is 7. The van der Waals surface area contributed by atoms with Gasteiger partial charge in [-0.25, -0.2) is 0 Å². The summed E-state index contributed by atoms with van der Waals surface area (Å²) in [5.74, 6) is 0.831. The molecule has 4 N–H and O–H groups in total. The molecular weight excluding hydrogens is 418 g/mol. The number of hydrogen-bond donors (Lipinski definition) is 3. The Kier molecular flexibility index (Phi) is 5.83. The van der Waals surface area contributed by atoms with Crippen LogP contribution in [0.5, 0.6) is 11.5 Å². The number of carbonyl (C=O) groups excluding carboxylic acids is 1. The summed E-state index contributed by atoms with van der Waals surface area (Å²) in [6.45, 7) is 1.97. The zero-order valence-corrected chi connectivity index (χ0v) is 18.3. The lowest BCUT2D eigenvalue weighted by atomic mass is 10.1. The highest BCUT2D eigenvalue weighted by atomic mass is 16.5. The molecule has 0 saturated carbocycles. The van der Waals surface area contributed by atoms with E-state index in [2.05, 4.69) is 15.5 Å². The Labute approximate surface area is 192 Å². The summed E-state index contributed by atoms with van der Waals surface area (Å²) in [5, 5.41) is 21.6. The molecule has 0 radical (unpaired) electrons. The van der Waals surface area contributed by atoms with Crippen LogP contribution in [-0.2, 0) is 6.42 Å². The van der Waals surface area contributed by atoms with E-state index in [4.69, 9.17) is 10.5 Å². The SMILES string of the molecule is Nc1nnc(-c2ccccc2O)cc1OCCc1ccc(C(=O)N2CC3CCC(C2)N3)cc1. The van der Waals surface area contributed by atoms with Crippen LogP contribution < -0.4 is 15.8 Å². The molecule has 5 rings (SSSR count). The first kappa shape index (κ1) is 21.2. The first-order valence-corrected chi connectivity index (χ1v) is 11.3. The van der Waals surface area contributed by atoms with Gasteiger partial charge in [-0.15, -0.1) is 10.2 Å². The van der Waals surface area contributed by atoms with Gasteiger partial charge in [0, 0.05) is 48.8 Å². The molecule has 2 fully saturated rings. The van der Waals surface area contributed by atoms with Crippen LogP contribution in [0.3, 0.4) is 0 Å². The van der Waals surface area contributed by atoms with Crippen LogP contribution in [0, 0.1) is 0 Å². The number of likely N-dealkylation sites (tertiary alicyclic amines) is 1. The van der Waals surface area contributed by atoms with E-state index in [1.54, 1.807) is 24.3 Å². The normalized spacial score (nSPS) is 19.5. The molecule has 3 aromatic rings. The maximum Gasteiger partial charge on any atom is 0.253 e. The first-order chi connectivity index (χ1) is 16.1. The number of amides is 1. The minimum Gasteiger partial charge on any atom is -0.507 e. The van der Waals surface area contributed by atoms with E-state index in [9.17, 15) is 9.90 Å². The van der Waals surface area contributed by atoms with Crippen LogP contribution in [0.15, 0.2) is 54.6 Å². The van der Waals surface area contributed by atoms with Crippen molar-refractivity contribution in [3.63, 3.8) is 0 Å². The van der Waals surface area contributed by atoms with Gasteiger partial charge in [-0.1, -0.05) is 24.3 Å². The number of nitrogens with one attached hydrogen (secondary N) is 1. The zero-order chi connectivity index (χ0) is 22.8. The van der Waals surface area contributed by atoms with Crippen molar-refractivity contribution >= 4 is 11.7 Å². The number of carbonyl (C=O) groups is 1. The van der Waals surface area contributed by atoms with Crippen molar-refractivity contribution in [1.82, 2.24) is 20.4 Å². The molecule has 1 aromatic heterocycles. The number of aromatic hydroxyl groups is 1. The van der Waals surface area contributed by atoms with Crippen molar-refractivity contribution in [3.05, 3.63) is 65.7 Å². The molecule has 0 spiro atoms. The fourth-order valence-electron chi connectivity index (χ4n) is 4.56. The molecule has 2 saturated heterocycles. The summed E-state index contributed by atoms with van der Waals surface area (Å²) >= 11 is 0. The molecular formula is C25H27N5O3. The van der Waals surface area contributed by atoms with Crippen LogP contribution in [-0.4, -0.2) is 57.9 Å². The number of nitrogens with zero attached hydrogens (tertiary/aromatic N) is 3. The number of nitrogens with two attached hydrogens (primary N) is 1. The quantitative estimate of drug-likeness (QED) is 0.534. The molecule has 2 aliphatic heterocycles. The lowest BCUT2D eigenvalue weighted by molar-refractivity contribution is 0.0697. The Balaban J connectivity index is 1.19. The van der Waals surface area contributed by atoms with Gasteiger partial charge in [0.1, 0.15) is 11.4 Å². The lowest BCUT2D eigenvalue weighted by Gasteiger charge is -2.33. The van der Waals surface area contributed by atoms with Crippen LogP contribution in [0.25, 0.3) is 11.3 Å². The van der Waals surface area contributed by atoms with E-state index >= 15 is 0 Å². The van der Waals surface area contributed by atoms with Gasteiger partial charge in [-0.3, -0.25) is 4.79 Å². The Morgan fingerprint density at radius 3 is 2.55 bits per heavy atom. The second kappa shape index (κ2) is 9.07. The second-order valence-corrected chi connectivity index (χ2v) is 8.64. The number of anilines is 1. The third kappa shape index (κ3) is 4.61. The van der Waals surface area contributed by atoms with Crippen LogP contribution in [0.2, 0.25) is 0 Å². The largest absolute Gasteiger partial charge is 0.507 e. The fourth-order valence-corrected chi connectivity index (χ4v) is 4.56. The summed E-state index contributed by atoms with van der Waals surface area (Å²) in [4.78, 5) is 14.8. The molecule has 2 bridgehead atoms. The van der Waals surface area contributed by atoms with Gasteiger partial charge in [0.15, 0.2) is 11.6 Å². The van der Waals surface area contributed by atoms with Crippen LogP contribution in [0.1, 0.15) is 28.8 Å². The Hall–Kier alpha value is -3.65. The van der Waals surface area contributed by atoms with Crippen molar-refractivity contribution in [2.45, 2.75) is 31.3 Å². The molecule has 0 aliphatic carbocycles. The van der Waals surface area contributed by atoms with Gasteiger partial charge in [0.2, 0.25) is 0 Å². The number of phenolic OH excluding ortho intramolecular Hbond substituents is 1. The van der Waals surface area contributed by atoms with Gasteiger partial charge in [-0.05, 0) is 42.7 Å². The number of rotatable bonds is 6. The van der Waals surface area contributed by atoms with E-state index < -0.39 is 0 Å². The highest BCUT2D eigenvalue weighted by Gasteiger charge is 2.34. The minimum atomic E-state index is 0.100. The van der Waals surface area contributed by atoms with Gasteiger partial charge >= 0.3 is 0 Å².